The maximum atomic E-state index is 12.8. The molecule has 3 aromatic rings. The summed E-state index contributed by atoms with van der Waals surface area (Å²) in [5, 5.41) is 0.986. The highest BCUT2D eigenvalue weighted by molar-refractivity contribution is 7.92. The fraction of sp³-hybridized carbons (Fsp3) is 0.250. The number of fused-ring (bicyclic) bond motifs is 3. The zero-order chi connectivity index (χ0) is 18.3. The van der Waals surface area contributed by atoms with Crippen LogP contribution >= 0.6 is 0 Å². The molecule has 5 nitrogen and oxygen atoms in total. The maximum absolute atomic E-state index is 12.8. The van der Waals surface area contributed by atoms with E-state index in [1.54, 1.807) is 36.4 Å². The van der Waals surface area contributed by atoms with Gasteiger partial charge in [0.15, 0.2) is 5.78 Å². The van der Waals surface area contributed by atoms with E-state index in [2.05, 4.69) is 9.71 Å². The molecule has 4 rings (SSSR count). The van der Waals surface area contributed by atoms with Crippen molar-refractivity contribution in [1.82, 2.24) is 4.98 Å². The molecule has 0 spiro atoms. The number of carbonyl (C=O) groups is 1. The van der Waals surface area contributed by atoms with E-state index in [9.17, 15) is 13.2 Å². The number of aromatic nitrogens is 1. The van der Waals surface area contributed by atoms with Crippen molar-refractivity contribution in [2.24, 2.45) is 0 Å². The minimum Gasteiger partial charge on any atom is -0.358 e. The van der Waals surface area contributed by atoms with Gasteiger partial charge in [-0.05, 0) is 68.5 Å². The minimum absolute atomic E-state index is 0.105. The quantitative estimate of drug-likeness (QED) is 0.682. The lowest BCUT2D eigenvalue weighted by atomic mass is 9.96. The molecule has 0 fully saturated rings. The molecule has 0 aliphatic heterocycles. The van der Waals surface area contributed by atoms with Crippen LogP contribution in [0.15, 0.2) is 47.4 Å². The summed E-state index contributed by atoms with van der Waals surface area (Å²) in [7, 11) is -3.73. The van der Waals surface area contributed by atoms with E-state index < -0.39 is 10.0 Å². The van der Waals surface area contributed by atoms with Crippen molar-refractivity contribution < 1.29 is 13.2 Å². The fourth-order valence-corrected chi connectivity index (χ4v) is 4.64. The number of anilines is 1. The number of sulfonamides is 1. The summed E-state index contributed by atoms with van der Waals surface area (Å²) in [5.41, 5.74) is 4.30. The number of H-pyrrole nitrogens is 1. The summed E-state index contributed by atoms with van der Waals surface area (Å²) in [4.78, 5) is 15.1. The predicted octanol–water partition coefficient (Wildman–Crippen LogP) is 4.05. The molecule has 0 amide bonds. The number of aromatic amines is 1. The highest BCUT2D eigenvalue weighted by Crippen LogP contribution is 2.31. The van der Waals surface area contributed by atoms with Crippen molar-refractivity contribution in [3.63, 3.8) is 0 Å². The lowest BCUT2D eigenvalue weighted by Crippen LogP contribution is -2.13. The van der Waals surface area contributed by atoms with Gasteiger partial charge in [-0.3, -0.25) is 9.52 Å². The average molecular weight is 368 g/mol. The molecule has 1 aliphatic rings. The van der Waals surface area contributed by atoms with Crippen LogP contribution in [0.3, 0.4) is 0 Å². The number of nitrogens with one attached hydrogen (secondary N) is 2. The smallest absolute Gasteiger partial charge is 0.261 e. The van der Waals surface area contributed by atoms with Gasteiger partial charge >= 0.3 is 0 Å². The number of hydrogen-bond donors (Lipinski definition) is 2. The molecule has 1 aliphatic carbocycles. The zero-order valence-corrected chi connectivity index (χ0v) is 15.3. The number of carbonyl (C=O) groups excluding carboxylic acids is 1. The second-order valence-electron chi connectivity index (χ2n) is 6.74. The molecule has 1 aromatic heterocycles. The molecular formula is C20H20N2O3S. The van der Waals surface area contributed by atoms with Crippen molar-refractivity contribution >= 4 is 32.4 Å². The summed E-state index contributed by atoms with van der Waals surface area (Å²) in [6, 6.07) is 11.7. The number of rotatable bonds is 4. The first-order valence-electron chi connectivity index (χ1n) is 8.71. The normalized spacial score (nSPS) is 14.2. The maximum Gasteiger partial charge on any atom is 0.261 e. The molecule has 0 saturated heterocycles. The van der Waals surface area contributed by atoms with E-state index in [-0.39, 0.29) is 10.7 Å². The predicted molar refractivity (Wildman–Crippen MR) is 102 cm³/mol. The minimum atomic E-state index is -3.73. The molecule has 0 unspecified atom stereocenters. The summed E-state index contributed by atoms with van der Waals surface area (Å²) in [6.07, 6.45) is 4.29. The topological polar surface area (TPSA) is 79.0 Å². The fourth-order valence-electron chi connectivity index (χ4n) is 3.57. The SMILES string of the molecule is CC(=O)c1cccc(NS(=O)(=O)c2ccc3[nH]c4c(c3c2)CCCC4)c1. The Morgan fingerprint density at radius 3 is 2.69 bits per heavy atom. The second-order valence-corrected chi connectivity index (χ2v) is 8.42. The third-order valence-corrected chi connectivity index (χ3v) is 6.28. The van der Waals surface area contributed by atoms with Crippen LogP contribution in [0.1, 0.15) is 41.4 Å². The van der Waals surface area contributed by atoms with E-state index >= 15 is 0 Å². The Morgan fingerprint density at radius 1 is 1.08 bits per heavy atom. The van der Waals surface area contributed by atoms with Crippen LogP contribution in [-0.2, 0) is 22.9 Å². The molecule has 0 atom stereocenters. The van der Waals surface area contributed by atoms with E-state index in [0.717, 1.165) is 30.2 Å². The highest BCUT2D eigenvalue weighted by atomic mass is 32.2. The van der Waals surface area contributed by atoms with Gasteiger partial charge in [0.2, 0.25) is 0 Å². The van der Waals surface area contributed by atoms with E-state index in [0.29, 0.717) is 11.3 Å². The Morgan fingerprint density at radius 2 is 1.88 bits per heavy atom. The summed E-state index contributed by atoms with van der Waals surface area (Å²) in [6.45, 7) is 1.45. The highest BCUT2D eigenvalue weighted by Gasteiger charge is 2.20. The Hall–Kier alpha value is -2.60. The van der Waals surface area contributed by atoms with Crippen molar-refractivity contribution in [2.75, 3.05) is 4.72 Å². The number of benzene rings is 2. The molecule has 134 valence electrons. The van der Waals surface area contributed by atoms with Gasteiger partial charge in [-0.15, -0.1) is 0 Å². The third kappa shape index (κ3) is 3.01. The number of aryl methyl sites for hydroxylation is 2. The van der Waals surface area contributed by atoms with Gasteiger partial charge in [0.05, 0.1) is 4.90 Å². The van der Waals surface area contributed by atoms with Gasteiger partial charge in [-0.1, -0.05) is 12.1 Å². The molecule has 0 radical (unpaired) electrons. The Kier molecular flexibility index (Phi) is 4.07. The second kappa shape index (κ2) is 6.29. The Balaban J connectivity index is 1.71. The monoisotopic (exact) mass is 368 g/mol. The first-order valence-corrected chi connectivity index (χ1v) is 10.2. The van der Waals surface area contributed by atoms with Crippen LogP contribution in [0.2, 0.25) is 0 Å². The molecule has 0 bridgehead atoms. The summed E-state index contributed by atoms with van der Waals surface area (Å²) < 4.78 is 28.2. The lowest BCUT2D eigenvalue weighted by molar-refractivity contribution is 0.101. The first kappa shape index (κ1) is 16.8. The first-order chi connectivity index (χ1) is 12.4. The summed E-state index contributed by atoms with van der Waals surface area (Å²) in [5.74, 6) is -0.105. The number of Topliss-reactive ketones (excluding diaryl/α,β-unsaturated/α-hetero) is 1. The van der Waals surface area contributed by atoms with Crippen LogP contribution in [0.4, 0.5) is 5.69 Å². The molecule has 26 heavy (non-hydrogen) atoms. The zero-order valence-electron chi connectivity index (χ0n) is 14.5. The average Bonchev–Trinajstić information content (AvgIpc) is 2.99. The van der Waals surface area contributed by atoms with E-state index in [4.69, 9.17) is 0 Å². The van der Waals surface area contributed by atoms with Gasteiger partial charge < -0.3 is 4.98 Å². The van der Waals surface area contributed by atoms with Gasteiger partial charge in [-0.2, -0.15) is 0 Å². The lowest BCUT2D eigenvalue weighted by Gasteiger charge is -2.11. The molecule has 2 N–H and O–H groups in total. The Bertz CT molecular complexity index is 1110. The van der Waals surface area contributed by atoms with E-state index in [1.807, 2.05) is 6.07 Å². The number of ketones is 1. The summed E-state index contributed by atoms with van der Waals surface area (Å²) >= 11 is 0. The van der Waals surface area contributed by atoms with Crippen molar-refractivity contribution in [3.8, 4) is 0 Å². The van der Waals surface area contributed by atoms with Crippen molar-refractivity contribution in [1.29, 1.82) is 0 Å². The van der Waals surface area contributed by atoms with E-state index in [1.165, 1.54) is 24.6 Å². The Labute approximate surface area is 152 Å². The largest absolute Gasteiger partial charge is 0.358 e. The molecule has 6 heteroatoms. The van der Waals surface area contributed by atoms with Crippen molar-refractivity contribution in [3.05, 3.63) is 59.3 Å². The van der Waals surface area contributed by atoms with Crippen LogP contribution in [0, 0.1) is 0 Å². The van der Waals surface area contributed by atoms with Crippen molar-refractivity contribution in [2.45, 2.75) is 37.5 Å². The molecule has 1 heterocycles. The van der Waals surface area contributed by atoms with Crippen LogP contribution in [-0.4, -0.2) is 19.2 Å². The van der Waals surface area contributed by atoms with Crippen LogP contribution < -0.4 is 4.72 Å². The number of hydrogen-bond acceptors (Lipinski definition) is 3. The van der Waals surface area contributed by atoms with Gasteiger partial charge in [0.1, 0.15) is 0 Å². The van der Waals surface area contributed by atoms with Crippen LogP contribution in [0.5, 0.6) is 0 Å². The standard InChI is InChI=1S/C20H20N2O3S/c1-13(23)14-5-4-6-15(11-14)22-26(24,25)16-9-10-20-18(12-16)17-7-2-3-8-19(17)21-20/h4-6,9-12,21-22H,2-3,7-8H2,1H3. The van der Waals surface area contributed by atoms with Gasteiger partial charge in [-0.25, -0.2) is 8.42 Å². The van der Waals surface area contributed by atoms with Gasteiger partial charge in [0.25, 0.3) is 10.0 Å². The molecular weight excluding hydrogens is 348 g/mol. The molecule has 2 aromatic carbocycles. The molecule has 0 saturated carbocycles. The van der Waals surface area contributed by atoms with Crippen LogP contribution in [0.25, 0.3) is 10.9 Å². The third-order valence-electron chi connectivity index (χ3n) is 4.90. The van der Waals surface area contributed by atoms with Gasteiger partial charge in [0, 0.05) is 27.8 Å².